The van der Waals surface area contributed by atoms with Crippen LogP contribution in [0.1, 0.15) is 11.8 Å². The van der Waals surface area contributed by atoms with Crippen molar-refractivity contribution in [3.63, 3.8) is 0 Å². The van der Waals surface area contributed by atoms with E-state index in [1.165, 1.54) is 23.1 Å². The lowest BCUT2D eigenvalue weighted by atomic mass is 10.1. The molecule has 0 aliphatic carbocycles. The minimum absolute atomic E-state index is 0.0841. The molecule has 0 saturated carbocycles. The Hall–Kier alpha value is -3.43. The molecule has 190 valence electrons. The number of nitro groups is 1. The van der Waals surface area contributed by atoms with Gasteiger partial charge in [0.25, 0.3) is 11.6 Å². The molecule has 1 saturated heterocycles. The van der Waals surface area contributed by atoms with Gasteiger partial charge in [-0.2, -0.15) is 8.42 Å². The molecule has 15 heteroatoms. The minimum atomic E-state index is -4.62. The van der Waals surface area contributed by atoms with Crippen molar-refractivity contribution in [2.45, 2.75) is 24.8 Å². The number of benzene rings is 1. The third-order valence-electron chi connectivity index (χ3n) is 5.16. The smallest absolute Gasteiger partial charge is 0.355 e. The summed E-state index contributed by atoms with van der Waals surface area (Å²) in [5, 5.41) is 14.2. The number of amides is 2. The van der Waals surface area contributed by atoms with Crippen molar-refractivity contribution in [1.29, 1.82) is 0 Å². The van der Waals surface area contributed by atoms with Crippen LogP contribution >= 0.6 is 23.1 Å². The van der Waals surface area contributed by atoms with Crippen LogP contribution in [-0.2, 0) is 35.7 Å². The van der Waals surface area contributed by atoms with Gasteiger partial charge in [-0.05, 0) is 23.6 Å². The number of nitrogens with one attached hydrogen (secondary N) is 1. The van der Waals surface area contributed by atoms with Crippen LogP contribution in [0.4, 0.5) is 5.69 Å². The normalized spacial score (nSPS) is 19.2. The molecule has 12 nitrogen and oxygen atoms in total. The molecule has 1 aromatic carbocycles. The Morgan fingerprint density at radius 2 is 1.97 bits per heavy atom. The highest BCUT2D eigenvalue weighted by Gasteiger charge is 2.56. The minimum Gasteiger partial charge on any atom is -0.461 e. The van der Waals surface area contributed by atoms with E-state index >= 15 is 0 Å². The van der Waals surface area contributed by atoms with Crippen LogP contribution in [0.5, 0.6) is 5.75 Å². The van der Waals surface area contributed by atoms with E-state index in [4.69, 9.17) is 8.92 Å². The van der Waals surface area contributed by atoms with Crippen molar-refractivity contribution in [3.05, 3.63) is 67.4 Å². The highest BCUT2D eigenvalue weighted by molar-refractivity contribution is 8.00. The SMILES string of the molecule is CC(=O)OCC1=C(S(=O)(=O)Oc2ccc([N+](=O)[O-])cc2)N2C(=O)[C@@H](NC(=O)Cc3cccs3)[C@H]2SC1. The molecule has 0 unspecified atom stereocenters. The van der Waals surface area contributed by atoms with E-state index < -0.39 is 43.4 Å². The molecular weight excluding hydrogens is 534 g/mol. The number of nitro benzene ring substituents is 1. The van der Waals surface area contributed by atoms with E-state index in [0.717, 1.165) is 41.0 Å². The lowest BCUT2D eigenvalue weighted by Crippen LogP contribution is -2.70. The zero-order valence-electron chi connectivity index (χ0n) is 18.6. The highest BCUT2D eigenvalue weighted by Crippen LogP contribution is 2.43. The van der Waals surface area contributed by atoms with Gasteiger partial charge in [0.15, 0.2) is 5.03 Å². The number of carbonyl (C=O) groups is 3. The topological polar surface area (TPSA) is 162 Å². The molecule has 2 aliphatic heterocycles. The number of nitrogens with zero attached hydrogens (tertiary/aromatic N) is 2. The number of thioether (sulfide) groups is 1. The zero-order valence-corrected chi connectivity index (χ0v) is 21.1. The monoisotopic (exact) mass is 553 g/mol. The van der Waals surface area contributed by atoms with Crippen LogP contribution in [0.15, 0.2) is 52.4 Å². The second-order valence-corrected chi connectivity index (χ2v) is 11.3. The number of ether oxygens (including phenoxy) is 1. The van der Waals surface area contributed by atoms with Gasteiger partial charge in [-0.15, -0.1) is 23.1 Å². The second-order valence-electron chi connectivity index (χ2n) is 7.69. The molecular formula is C21H19N3O9S3. The standard InChI is InChI=1S/C21H19N3O9S3/c1-12(25)32-10-13-11-35-20-18(22-17(26)9-16-3-2-8-34-16)19(27)23(20)21(13)36(30,31)33-15-6-4-14(5-7-15)24(28)29/h2-8,18,20H,9-11H2,1H3,(H,22,26)/t18-,20-/m1/s1. The summed E-state index contributed by atoms with van der Waals surface area (Å²) in [5.41, 5.74) is -0.132. The van der Waals surface area contributed by atoms with E-state index in [1.54, 1.807) is 12.1 Å². The molecule has 2 atom stereocenters. The number of carbonyl (C=O) groups excluding carboxylic acids is 3. The zero-order chi connectivity index (χ0) is 26.0. The lowest BCUT2D eigenvalue weighted by molar-refractivity contribution is -0.384. The molecule has 2 amide bonds. The fourth-order valence-electron chi connectivity index (χ4n) is 3.58. The van der Waals surface area contributed by atoms with E-state index in [2.05, 4.69) is 5.32 Å². The average molecular weight is 554 g/mol. The number of fused-ring (bicyclic) bond motifs is 1. The Morgan fingerprint density at radius 3 is 2.58 bits per heavy atom. The van der Waals surface area contributed by atoms with Crippen molar-refractivity contribution in [1.82, 2.24) is 10.2 Å². The summed E-state index contributed by atoms with van der Waals surface area (Å²) in [5.74, 6) is -1.79. The number of hydrogen-bond acceptors (Lipinski definition) is 11. The summed E-state index contributed by atoms with van der Waals surface area (Å²) in [7, 11) is -4.62. The van der Waals surface area contributed by atoms with Crippen molar-refractivity contribution in [3.8, 4) is 5.75 Å². The molecule has 1 aromatic heterocycles. The van der Waals surface area contributed by atoms with Crippen LogP contribution in [0, 0.1) is 10.1 Å². The maximum atomic E-state index is 13.3. The number of esters is 1. The van der Waals surface area contributed by atoms with Crippen molar-refractivity contribution < 1.29 is 36.6 Å². The number of non-ortho nitro benzene ring substituents is 1. The van der Waals surface area contributed by atoms with Gasteiger partial charge in [-0.1, -0.05) is 6.07 Å². The largest absolute Gasteiger partial charge is 0.461 e. The predicted octanol–water partition coefficient (Wildman–Crippen LogP) is 1.78. The van der Waals surface area contributed by atoms with E-state index in [1.807, 2.05) is 5.38 Å². The third-order valence-corrected chi connectivity index (χ3v) is 8.75. The summed E-state index contributed by atoms with van der Waals surface area (Å²) in [4.78, 5) is 48.8. The Bertz CT molecular complexity index is 1340. The van der Waals surface area contributed by atoms with Gasteiger partial charge in [0.05, 0.1) is 11.3 Å². The summed E-state index contributed by atoms with van der Waals surface area (Å²) < 4.78 is 36.7. The van der Waals surface area contributed by atoms with Crippen LogP contribution in [-0.4, -0.2) is 59.8 Å². The fraction of sp³-hybridized carbons (Fsp3) is 0.286. The Balaban J connectivity index is 1.57. The molecule has 4 rings (SSSR count). The molecule has 0 radical (unpaired) electrons. The molecule has 2 aliphatic rings. The summed E-state index contributed by atoms with van der Waals surface area (Å²) in [6.07, 6.45) is 0.0841. The Kier molecular flexibility index (Phi) is 7.33. The first-order valence-electron chi connectivity index (χ1n) is 10.4. The average Bonchev–Trinajstić information content (AvgIpc) is 3.33. The molecule has 1 N–H and O–H groups in total. The maximum Gasteiger partial charge on any atom is 0.355 e. The van der Waals surface area contributed by atoms with Gasteiger partial charge < -0.3 is 14.2 Å². The quantitative estimate of drug-likeness (QED) is 0.159. The first-order chi connectivity index (χ1) is 17.1. The van der Waals surface area contributed by atoms with Gasteiger partial charge in [0.2, 0.25) is 5.91 Å². The van der Waals surface area contributed by atoms with E-state index in [-0.39, 0.29) is 41.7 Å². The maximum absolute atomic E-state index is 13.3. The highest BCUT2D eigenvalue weighted by atomic mass is 32.2. The second kappa shape index (κ2) is 10.3. The van der Waals surface area contributed by atoms with E-state index in [9.17, 15) is 32.9 Å². The molecule has 0 bridgehead atoms. The molecule has 1 fully saturated rings. The van der Waals surface area contributed by atoms with Gasteiger partial charge in [0, 0.05) is 35.3 Å². The lowest BCUT2D eigenvalue weighted by Gasteiger charge is -2.49. The van der Waals surface area contributed by atoms with Crippen LogP contribution in [0.25, 0.3) is 0 Å². The number of rotatable bonds is 9. The van der Waals surface area contributed by atoms with Gasteiger partial charge in [-0.3, -0.25) is 29.4 Å². The summed E-state index contributed by atoms with van der Waals surface area (Å²) in [6, 6.07) is 7.03. The van der Waals surface area contributed by atoms with Crippen molar-refractivity contribution in [2.24, 2.45) is 0 Å². The summed E-state index contributed by atoms with van der Waals surface area (Å²) in [6.45, 7) is 0.779. The molecule has 36 heavy (non-hydrogen) atoms. The van der Waals surface area contributed by atoms with Crippen molar-refractivity contribution in [2.75, 3.05) is 12.4 Å². The van der Waals surface area contributed by atoms with Gasteiger partial charge in [0.1, 0.15) is 23.8 Å². The summed E-state index contributed by atoms with van der Waals surface area (Å²) >= 11 is 2.61. The first-order valence-corrected chi connectivity index (χ1v) is 13.7. The number of hydrogen-bond donors (Lipinski definition) is 1. The molecule has 2 aromatic rings. The van der Waals surface area contributed by atoms with Crippen molar-refractivity contribution >= 4 is 56.7 Å². The third kappa shape index (κ3) is 5.37. The van der Waals surface area contributed by atoms with E-state index in [0.29, 0.717) is 0 Å². The fourth-order valence-corrected chi connectivity index (χ4v) is 7.14. The molecule has 0 spiro atoms. The number of thiophene rings is 1. The van der Waals surface area contributed by atoms with Gasteiger partial charge >= 0.3 is 16.1 Å². The molecule has 3 heterocycles. The Morgan fingerprint density at radius 1 is 1.25 bits per heavy atom. The van der Waals surface area contributed by atoms with Crippen LogP contribution in [0.2, 0.25) is 0 Å². The number of β-lactam (4-membered cyclic amide) rings is 1. The predicted molar refractivity (Wildman–Crippen MR) is 129 cm³/mol. The Labute approximate surface area is 213 Å². The van der Waals surface area contributed by atoms with Crippen LogP contribution in [0.3, 0.4) is 0 Å². The van der Waals surface area contributed by atoms with Crippen LogP contribution < -0.4 is 9.50 Å². The van der Waals surface area contributed by atoms with Gasteiger partial charge in [-0.25, -0.2) is 0 Å². The first kappa shape index (κ1) is 25.7.